The molecule has 0 atom stereocenters. The molecule has 20 heavy (non-hydrogen) atoms. The molecule has 1 aromatic rings. The van der Waals surface area contributed by atoms with Crippen LogP contribution < -0.4 is 4.72 Å². The average Bonchev–Trinajstić information content (AvgIpc) is 2.68. The Balaban J connectivity index is 1.84. The number of hydrogen-bond donors (Lipinski definition) is 1. The Labute approximate surface area is 126 Å². The molecule has 0 amide bonds. The molecule has 0 aliphatic carbocycles. The van der Waals surface area contributed by atoms with E-state index in [0.717, 1.165) is 19.6 Å². The van der Waals surface area contributed by atoms with Crippen molar-refractivity contribution >= 4 is 21.6 Å². The number of sulfonamides is 1. The fraction of sp³-hybridized carbons (Fsp3) is 0.571. The Morgan fingerprint density at radius 3 is 2.25 bits per heavy atom. The van der Waals surface area contributed by atoms with Gasteiger partial charge in [-0.15, -0.1) is 0 Å². The molecule has 1 aromatic carbocycles. The van der Waals surface area contributed by atoms with Gasteiger partial charge in [-0.1, -0.05) is 24.4 Å². The van der Waals surface area contributed by atoms with Crippen molar-refractivity contribution in [1.82, 2.24) is 9.62 Å². The predicted octanol–water partition coefficient (Wildman–Crippen LogP) is 2.49. The van der Waals surface area contributed by atoms with E-state index >= 15 is 0 Å². The van der Waals surface area contributed by atoms with Crippen LogP contribution in [0.1, 0.15) is 25.7 Å². The first kappa shape index (κ1) is 15.8. The molecule has 1 fully saturated rings. The van der Waals surface area contributed by atoms with Crippen LogP contribution >= 0.6 is 11.6 Å². The number of hydrogen-bond acceptors (Lipinski definition) is 3. The molecule has 112 valence electrons. The van der Waals surface area contributed by atoms with E-state index < -0.39 is 10.0 Å². The molecule has 1 aliphatic rings. The fourth-order valence-electron chi connectivity index (χ4n) is 2.39. The summed E-state index contributed by atoms with van der Waals surface area (Å²) in [4.78, 5) is 2.59. The number of halogens is 1. The summed E-state index contributed by atoms with van der Waals surface area (Å²) in [7, 11) is -3.42. The van der Waals surface area contributed by atoms with Crippen LogP contribution in [0.25, 0.3) is 0 Å². The van der Waals surface area contributed by atoms with Crippen LogP contribution in [0.2, 0.25) is 5.02 Å². The lowest BCUT2D eigenvalue weighted by Gasteiger charge is -2.19. The molecular formula is C14H21ClN2O2S. The van der Waals surface area contributed by atoms with Crippen molar-refractivity contribution in [3.05, 3.63) is 29.3 Å². The molecule has 0 spiro atoms. The molecule has 2 rings (SSSR count). The number of rotatable bonds is 5. The summed E-state index contributed by atoms with van der Waals surface area (Å²) >= 11 is 5.76. The van der Waals surface area contributed by atoms with Crippen LogP contribution in [0.3, 0.4) is 0 Å². The van der Waals surface area contributed by atoms with Gasteiger partial charge in [-0.2, -0.15) is 0 Å². The zero-order valence-corrected chi connectivity index (χ0v) is 13.1. The molecule has 1 N–H and O–H groups in total. The third kappa shape index (κ3) is 4.74. The summed E-state index contributed by atoms with van der Waals surface area (Å²) < 4.78 is 26.8. The summed E-state index contributed by atoms with van der Waals surface area (Å²) in [6.45, 7) is 3.36. The van der Waals surface area contributed by atoms with Gasteiger partial charge in [0.1, 0.15) is 0 Å². The van der Waals surface area contributed by atoms with E-state index in [1.54, 1.807) is 12.1 Å². The third-order valence-electron chi connectivity index (χ3n) is 3.54. The van der Waals surface area contributed by atoms with Gasteiger partial charge in [0.25, 0.3) is 0 Å². The minimum Gasteiger partial charge on any atom is -0.302 e. The van der Waals surface area contributed by atoms with E-state index in [1.165, 1.54) is 37.8 Å². The highest BCUT2D eigenvalue weighted by molar-refractivity contribution is 7.89. The van der Waals surface area contributed by atoms with Crippen LogP contribution in [0.4, 0.5) is 0 Å². The van der Waals surface area contributed by atoms with E-state index in [1.807, 2.05) is 0 Å². The first-order chi connectivity index (χ1) is 9.58. The number of nitrogens with zero attached hydrogens (tertiary/aromatic N) is 1. The van der Waals surface area contributed by atoms with Crippen molar-refractivity contribution in [3.63, 3.8) is 0 Å². The van der Waals surface area contributed by atoms with Gasteiger partial charge < -0.3 is 4.90 Å². The van der Waals surface area contributed by atoms with E-state index in [4.69, 9.17) is 11.6 Å². The van der Waals surface area contributed by atoms with Gasteiger partial charge >= 0.3 is 0 Å². The highest BCUT2D eigenvalue weighted by Crippen LogP contribution is 2.14. The van der Waals surface area contributed by atoms with Crippen molar-refractivity contribution in [2.24, 2.45) is 0 Å². The molecule has 4 nitrogen and oxygen atoms in total. The summed E-state index contributed by atoms with van der Waals surface area (Å²) in [5, 5.41) is 0.536. The minimum atomic E-state index is -3.42. The molecule has 0 saturated carbocycles. The highest BCUT2D eigenvalue weighted by Gasteiger charge is 2.14. The van der Waals surface area contributed by atoms with Crippen molar-refractivity contribution in [3.8, 4) is 0 Å². The van der Waals surface area contributed by atoms with Crippen LogP contribution in [0, 0.1) is 0 Å². The lowest BCUT2D eigenvalue weighted by Crippen LogP contribution is -2.35. The zero-order valence-electron chi connectivity index (χ0n) is 11.5. The summed E-state index contributed by atoms with van der Waals surface area (Å²) in [5.41, 5.74) is 0. The number of nitrogens with one attached hydrogen (secondary N) is 1. The largest absolute Gasteiger partial charge is 0.302 e. The smallest absolute Gasteiger partial charge is 0.240 e. The molecule has 6 heteroatoms. The summed E-state index contributed by atoms with van der Waals surface area (Å²) in [6.07, 6.45) is 4.99. The summed E-state index contributed by atoms with van der Waals surface area (Å²) in [5.74, 6) is 0. The lowest BCUT2D eigenvalue weighted by atomic mass is 10.2. The van der Waals surface area contributed by atoms with Gasteiger partial charge in [0.05, 0.1) is 4.90 Å². The maximum Gasteiger partial charge on any atom is 0.240 e. The fourth-order valence-corrected chi connectivity index (χ4v) is 3.54. The van der Waals surface area contributed by atoms with Gasteiger partial charge in [-0.05, 0) is 50.2 Å². The highest BCUT2D eigenvalue weighted by atomic mass is 35.5. The Morgan fingerprint density at radius 2 is 1.65 bits per heavy atom. The predicted molar refractivity (Wildman–Crippen MR) is 81.5 cm³/mol. The van der Waals surface area contributed by atoms with Gasteiger partial charge in [0.2, 0.25) is 10.0 Å². The normalized spacial score (nSPS) is 17.9. The van der Waals surface area contributed by atoms with Crippen molar-refractivity contribution in [2.45, 2.75) is 30.6 Å². The topological polar surface area (TPSA) is 49.4 Å². The zero-order chi connectivity index (χ0) is 14.4. The first-order valence-electron chi connectivity index (χ1n) is 7.05. The Hall–Kier alpha value is -0.620. The Bertz CT molecular complexity index is 508. The van der Waals surface area contributed by atoms with Gasteiger partial charge in [-0.3, -0.25) is 0 Å². The van der Waals surface area contributed by atoms with Crippen LogP contribution in [-0.2, 0) is 10.0 Å². The molecule has 0 bridgehead atoms. The van der Waals surface area contributed by atoms with Crippen LogP contribution in [0.15, 0.2) is 29.2 Å². The van der Waals surface area contributed by atoms with E-state index in [2.05, 4.69) is 9.62 Å². The van der Waals surface area contributed by atoms with Gasteiger partial charge in [-0.25, -0.2) is 13.1 Å². The van der Waals surface area contributed by atoms with Crippen molar-refractivity contribution in [2.75, 3.05) is 26.2 Å². The number of benzene rings is 1. The van der Waals surface area contributed by atoms with E-state index in [0.29, 0.717) is 11.6 Å². The van der Waals surface area contributed by atoms with Crippen molar-refractivity contribution in [1.29, 1.82) is 0 Å². The Kier molecular flexibility index (Phi) is 5.84. The third-order valence-corrected chi connectivity index (χ3v) is 5.27. The Morgan fingerprint density at radius 1 is 1.05 bits per heavy atom. The monoisotopic (exact) mass is 316 g/mol. The first-order valence-corrected chi connectivity index (χ1v) is 8.92. The molecule has 0 aromatic heterocycles. The molecular weight excluding hydrogens is 296 g/mol. The van der Waals surface area contributed by atoms with Crippen LogP contribution in [-0.4, -0.2) is 39.5 Å². The molecule has 0 radical (unpaired) electrons. The standard InChI is InChI=1S/C14H21ClN2O2S/c15-13-5-7-14(8-6-13)20(18,19)16-9-12-17-10-3-1-2-4-11-17/h5-8,16H,1-4,9-12H2. The number of likely N-dealkylation sites (tertiary alicyclic amines) is 1. The quantitative estimate of drug-likeness (QED) is 0.908. The second-order valence-corrected chi connectivity index (χ2v) is 7.31. The average molecular weight is 317 g/mol. The maximum atomic E-state index is 12.1. The van der Waals surface area contributed by atoms with Crippen molar-refractivity contribution < 1.29 is 8.42 Å². The lowest BCUT2D eigenvalue weighted by molar-refractivity contribution is 0.290. The second-order valence-electron chi connectivity index (χ2n) is 5.11. The van der Waals surface area contributed by atoms with Crippen LogP contribution in [0.5, 0.6) is 0 Å². The van der Waals surface area contributed by atoms with E-state index in [9.17, 15) is 8.42 Å². The molecule has 0 unspecified atom stereocenters. The molecule has 1 saturated heterocycles. The van der Waals surface area contributed by atoms with Gasteiger partial charge in [0, 0.05) is 18.1 Å². The maximum absolute atomic E-state index is 12.1. The van der Waals surface area contributed by atoms with E-state index in [-0.39, 0.29) is 4.90 Å². The summed E-state index contributed by atoms with van der Waals surface area (Å²) in [6, 6.07) is 6.23. The second kappa shape index (κ2) is 7.41. The molecule has 1 aliphatic heterocycles. The minimum absolute atomic E-state index is 0.262. The molecule has 1 heterocycles. The SMILES string of the molecule is O=S(=O)(NCCN1CCCCCC1)c1ccc(Cl)cc1. The van der Waals surface area contributed by atoms with Gasteiger partial charge in [0.15, 0.2) is 0 Å².